The number of aromatic nitrogens is 1. The van der Waals surface area contributed by atoms with Crippen LogP contribution in [0.2, 0.25) is 0 Å². The van der Waals surface area contributed by atoms with E-state index in [4.69, 9.17) is 11.1 Å². The number of anilines is 1. The van der Waals surface area contributed by atoms with Gasteiger partial charge in [-0.25, -0.2) is 0 Å². The van der Waals surface area contributed by atoms with Gasteiger partial charge in [0.1, 0.15) is 11.5 Å². The Bertz CT molecular complexity index is 445. The molecule has 1 aromatic heterocycles. The molecule has 2 heterocycles. The fourth-order valence-corrected chi connectivity index (χ4v) is 2.75. The molecule has 3 N–H and O–H groups in total. The largest absolute Gasteiger partial charge is 0.382 e. The number of nitrogens with zero attached hydrogens (tertiary/aromatic N) is 3. The lowest BCUT2D eigenvalue weighted by atomic mass is 10.1. The third-order valence-electron chi connectivity index (χ3n) is 3.72. The average molecular weight is 261 g/mol. The molecule has 1 unspecified atom stereocenters. The highest BCUT2D eigenvalue weighted by Crippen LogP contribution is 2.24. The number of nitrogens with one attached hydrogen (secondary N) is 1. The quantitative estimate of drug-likeness (QED) is 0.635. The van der Waals surface area contributed by atoms with Crippen molar-refractivity contribution in [1.29, 1.82) is 5.41 Å². The zero-order valence-electron chi connectivity index (χ0n) is 11.8. The molecule has 1 aliphatic heterocycles. The monoisotopic (exact) mass is 261 g/mol. The molecule has 0 aromatic carbocycles. The standard InChI is InChI=1S/C14H23N5/c1-3-11-10-18(2)8-5-9-19(11)12-6-4-7-17-13(12)14(15)16/h4,6-7,11H,3,5,8-10H2,1-2H3,(H3,15,16). The Balaban J connectivity index is 2.35. The lowest BCUT2D eigenvalue weighted by Gasteiger charge is -2.33. The van der Waals surface area contributed by atoms with Gasteiger partial charge < -0.3 is 15.5 Å². The van der Waals surface area contributed by atoms with Crippen LogP contribution >= 0.6 is 0 Å². The molecule has 0 amide bonds. The Kier molecular flexibility index (Phi) is 4.37. The molecule has 2 rings (SSSR count). The number of likely N-dealkylation sites (N-methyl/N-ethyl adjacent to an activating group) is 1. The van der Waals surface area contributed by atoms with Gasteiger partial charge in [0.2, 0.25) is 0 Å². The number of amidine groups is 1. The van der Waals surface area contributed by atoms with Gasteiger partial charge in [-0.05, 0) is 38.6 Å². The van der Waals surface area contributed by atoms with Gasteiger partial charge in [0.15, 0.2) is 0 Å². The molecule has 5 nitrogen and oxygen atoms in total. The molecule has 1 fully saturated rings. The van der Waals surface area contributed by atoms with Gasteiger partial charge in [0.25, 0.3) is 0 Å². The maximum absolute atomic E-state index is 7.69. The van der Waals surface area contributed by atoms with Crippen LogP contribution in [0.4, 0.5) is 5.69 Å². The lowest BCUT2D eigenvalue weighted by Crippen LogP contribution is -2.41. The molecule has 0 aliphatic carbocycles. The van der Waals surface area contributed by atoms with Crippen LogP contribution in [0.25, 0.3) is 0 Å². The number of hydrogen-bond acceptors (Lipinski definition) is 4. The third kappa shape index (κ3) is 3.04. The van der Waals surface area contributed by atoms with Crippen LogP contribution in [0.1, 0.15) is 25.5 Å². The van der Waals surface area contributed by atoms with Crippen LogP contribution in [0.15, 0.2) is 18.3 Å². The SMILES string of the molecule is CCC1CN(C)CCCN1c1cccnc1C(=N)N. The van der Waals surface area contributed by atoms with E-state index in [9.17, 15) is 0 Å². The summed E-state index contributed by atoms with van der Waals surface area (Å²) in [6.07, 6.45) is 3.90. The lowest BCUT2D eigenvalue weighted by molar-refractivity contribution is 0.328. The van der Waals surface area contributed by atoms with Crippen molar-refractivity contribution in [1.82, 2.24) is 9.88 Å². The summed E-state index contributed by atoms with van der Waals surface area (Å²) in [6, 6.07) is 4.40. The summed E-state index contributed by atoms with van der Waals surface area (Å²) < 4.78 is 0. The van der Waals surface area contributed by atoms with E-state index in [1.54, 1.807) is 6.20 Å². The highest BCUT2D eigenvalue weighted by atomic mass is 15.2. The van der Waals surface area contributed by atoms with Crippen molar-refractivity contribution >= 4 is 11.5 Å². The fourth-order valence-electron chi connectivity index (χ4n) is 2.75. The molecule has 1 saturated heterocycles. The van der Waals surface area contributed by atoms with Gasteiger partial charge >= 0.3 is 0 Å². The Labute approximate surface area is 114 Å². The Morgan fingerprint density at radius 3 is 3.00 bits per heavy atom. The van der Waals surface area contributed by atoms with Crippen molar-refractivity contribution in [2.24, 2.45) is 5.73 Å². The summed E-state index contributed by atoms with van der Waals surface area (Å²) in [5, 5.41) is 7.69. The first-order valence-corrected chi connectivity index (χ1v) is 6.88. The van der Waals surface area contributed by atoms with E-state index in [1.807, 2.05) is 12.1 Å². The Morgan fingerprint density at radius 2 is 2.32 bits per heavy atom. The van der Waals surface area contributed by atoms with Crippen molar-refractivity contribution in [3.05, 3.63) is 24.0 Å². The predicted molar refractivity (Wildman–Crippen MR) is 78.8 cm³/mol. The Morgan fingerprint density at radius 1 is 1.53 bits per heavy atom. The number of pyridine rings is 1. The minimum absolute atomic E-state index is 0.0445. The van der Waals surface area contributed by atoms with E-state index >= 15 is 0 Å². The normalized spacial score (nSPS) is 21.2. The first-order chi connectivity index (χ1) is 9.13. The smallest absolute Gasteiger partial charge is 0.143 e. The maximum Gasteiger partial charge on any atom is 0.143 e. The van der Waals surface area contributed by atoms with E-state index in [1.165, 1.54) is 0 Å². The molecule has 19 heavy (non-hydrogen) atoms. The van der Waals surface area contributed by atoms with Gasteiger partial charge in [0, 0.05) is 25.3 Å². The van der Waals surface area contributed by atoms with E-state index < -0.39 is 0 Å². The van der Waals surface area contributed by atoms with E-state index in [0.29, 0.717) is 11.7 Å². The fraction of sp³-hybridized carbons (Fsp3) is 0.571. The van der Waals surface area contributed by atoms with Crippen molar-refractivity contribution in [3.63, 3.8) is 0 Å². The van der Waals surface area contributed by atoms with Crippen molar-refractivity contribution in [2.45, 2.75) is 25.8 Å². The van der Waals surface area contributed by atoms with Crippen molar-refractivity contribution < 1.29 is 0 Å². The molecule has 104 valence electrons. The second kappa shape index (κ2) is 6.02. The van der Waals surface area contributed by atoms with Crippen LogP contribution in [0.3, 0.4) is 0 Å². The van der Waals surface area contributed by atoms with Crippen LogP contribution in [-0.4, -0.2) is 48.4 Å². The topological polar surface area (TPSA) is 69.2 Å². The van der Waals surface area contributed by atoms with E-state index in [2.05, 4.69) is 28.8 Å². The zero-order chi connectivity index (χ0) is 13.8. The highest BCUT2D eigenvalue weighted by Gasteiger charge is 2.24. The Hall–Kier alpha value is -1.62. The van der Waals surface area contributed by atoms with Gasteiger partial charge in [-0.2, -0.15) is 0 Å². The molecule has 5 heteroatoms. The molecule has 1 aromatic rings. The molecule has 0 bridgehead atoms. The number of nitrogens with two attached hydrogens (primary N) is 1. The summed E-state index contributed by atoms with van der Waals surface area (Å²) in [5.74, 6) is 0.0445. The zero-order valence-corrected chi connectivity index (χ0v) is 11.8. The molecule has 1 atom stereocenters. The summed E-state index contributed by atoms with van der Waals surface area (Å²) in [4.78, 5) is 9.01. The number of nitrogen functional groups attached to an aromatic ring is 1. The van der Waals surface area contributed by atoms with Crippen LogP contribution in [0.5, 0.6) is 0 Å². The predicted octanol–water partition coefficient (Wildman–Crippen LogP) is 1.29. The summed E-state index contributed by atoms with van der Waals surface area (Å²) in [6.45, 7) is 5.36. The van der Waals surface area contributed by atoms with Crippen molar-refractivity contribution in [3.8, 4) is 0 Å². The van der Waals surface area contributed by atoms with Crippen molar-refractivity contribution in [2.75, 3.05) is 31.6 Å². The summed E-state index contributed by atoms with van der Waals surface area (Å²) in [7, 11) is 2.17. The van der Waals surface area contributed by atoms with Gasteiger partial charge in [-0.1, -0.05) is 6.92 Å². The average Bonchev–Trinajstić information content (AvgIpc) is 2.60. The van der Waals surface area contributed by atoms with Gasteiger partial charge in [-0.15, -0.1) is 0 Å². The number of hydrogen-bond donors (Lipinski definition) is 2. The minimum atomic E-state index is 0.0445. The minimum Gasteiger partial charge on any atom is -0.382 e. The van der Waals surface area contributed by atoms with Crippen LogP contribution in [-0.2, 0) is 0 Å². The first-order valence-electron chi connectivity index (χ1n) is 6.88. The molecule has 0 spiro atoms. The van der Waals surface area contributed by atoms with Crippen LogP contribution in [0, 0.1) is 5.41 Å². The second-order valence-electron chi connectivity index (χ2n) is 5.16. The number of rotatable bonds is 3. The molecular formula is C14H23N5. The van der Waals surface area contributed by atoms with Gasteiger partial charge in [-0.3, -0.25) is 10.4 Å². The van der Waals surface area contributed by atoms with E-state index in [0.717, 1.165) is 38.2 Å². The molecular weight excluding hydrogens is 238 g/mol. The molecule has 0 radical (unpaired) electrons. The summed E-state index contributed by atoms with van der Waals surface area (Å²) in [5.41, 5.74) is 7.26. The van der Waals surface area contributed by atoms with E-state index in [-0.39, 0.29) is 5.84 Å². The summed E-state index contributed by atoms with van der Waals surface area (Å²) >= 11 is 0. The highest BCUT2D eigenvalue weighted by molar-refractivity contribution is 5.98. The maximum atomic E-state index is 7.69. The second-order valence-corrected chi connectivity index (χ2v) is 5.16. The molecule has 0 saturated carbocycles. The first kappa shape index (κ1) is 13.8. The van der Waals surface area contributed by atoms with Gasteiger partial charge in [0.05, 0.1) is 5.69 Å². The third-order valence-corrected chi connectivity index (χ3v) is 3.72. The van der Waals surface area contributed by atoms with Crippen LogP contribution < -0.4 is 10.6 Å². The molecule has 1 aliphatic rings.